The van der Waals surface area contributed by atoms with Crippen LogP contribution in [0.4, 0.5) is 0 Å². The fourth-order valence-corrected chi connectivity index (χ4v) is 6.11. The zero-order valence-corrected chi connectivity index (χ0v) is 16.5. The van der Waals surface area contributed by atoms with Crippen LogP contribution in [0.3, 0.4) is 0 Å². The van der Waals surface area contributed by atoms with Crippen LogP contribution >= 0.6 is 0 Å². The number of carbonyl (C=O) groups excluding carboxylic acids is 3. The van der Waals surface area contributed by atoms with Gasteiger partial charge in [-0.25, -0.2) is 0 Å². The molecule has 0 unspecified atom stereocenters. The number of ether oxygens (including phenoxy) is 1. The predicted molar refractivity (Wildman–Crippen MR) is 96.1 cm³/mol. The average molecular weight is 364 g/mol. The van der Waals surface area contributed by atoms with Crippen LogP contribution in [0, 0.1) is 40.9 Å². The number of Topliss-reactive ketones (excluding diaryl/α,β-unsaturated/α-hetero) is 2. The zero-order chi connectivity index (χ0) is 19.4. The van der Waals surface area contributed by atoms with Crippen LogP contribution in [-0.4, -0.2) is 34.9 Å². The second-order valence-corrected chi connectivity index (χ2v) is 9.61. The third-order valence-corrected chi connectivity index (χ3v) is 7.27. The summed E-state index contributed by atoms with van der Waals surface area (Å²) in [5.74, 6) is -2.34. The van der Waals surface area contributed by atoms with E-state index < -0.39 is 35.9 Å². The summed E-state index contributed by atoms with van der Waals surface area (Å²) >= 11 is 0. The van der Waals surface area contributed by atoms with Gasteiger partial charge in [0.05, 0.1) is 11.8 Å². The highest BCUT2D eigenvalue weighted by Gasteiger charge is 2.61. The Balaban J connectivity index is 2.05. The van der Waals surface area contributed by atoms with Gasteiger partial charge < -0.3 is 9.84 Å². The Morgan fingerprint density at radius 2 is 1.85 bits per heavy atom. The maximum absolute atomic E-state index is 13.3. The number of fused-ring (bicyclic) bond motifs is 3. The van der Waals surface area contributed by atoms with E-state index in [4.69, 9.17) is 4.74 Å². The number of carbonyl (C=O) groups is 3. The maximum Gasteiger partial charge on any atom is 0.302 e. The number of hydrogen-bond donors (Lipinski definition) is 1. The van der Waals surface area contributed by atoms with Crippen molar-refractivity contribution in [1.29, 1.82) is 0 Å². The molecule has 0 amide bonds. The van der Waals surface area contributed by atoms with Crippen molar-refractivity contribution in [3.63, 3.8) is 0 Å². The van der Waals surface area contributed by atoms with Gasteiger partial charge in [-0.05, 0) is 42.4 Å². The number of hydrogen-bond acceptors (Lipinski definition) is 5. The highest BCUT2D eigenvalue weighted by Crippen LogP contribution is 2.57. The van der Waals surface area contributed by atoms with Crippen LogP contribution in [0.15, 0.2) is 0 Å². The van der Waals surface area contributed by atoms with Crippen LogP contribution in [0.1, 0.15) is 60.3 Å². The van der Waals surface area contributed by atoms with E-state index in [2.05, 4.69) is 13.8 Å². The second-order valence-electron chi connectivity index (χ2n) is 9.61. The summed E-state index contributed by atoms with van der Waals surface area (Å²) in [6.07, 6.45) is 1.85. The SMILES string of the molecule is CC(=O)O[C@@H]1C[C@@H]2[C@H](CCCC2(C)C)[C@@H]2C(=O)[C@H](O)[C@@H](C(C)C)C(=O)[C@@H]21. The van der Waals surface area contributed by atoms with E-state index in [0.717, 1.165) is 19.3 Å². The summed E-state index contributed by atoms with van der Waals surface area (Å²) in [7, 11) is 0. The lowest BCUT2D eigenvalue weighted by atomic mass is 9.49. The van der Waals surface area contributed by atoms with Crippen molar-refractivity contribution in [2.45, 2.75) is 72.5 Å². The minimum Gasteiger partial charge on any atom is -0.462 e. The molecule has 1 N–H and O–H groups in total. The number of rotatable bonds is 2. The van der Waals surface area contributed by atoms with Gasteiger partial charge in [-0.2, -0.15) is 0 Å². The van der Waals surface area contributed by atoms with E-state index in [1.54, 1.807) is 0 Å². The van der Waals surface area contributed by atoms with Crippen LogP contribution in [-0.2, 0) is 19.1 Å². The maximum atomic E-state index is 13.3. The summed E-state index contributed by atoms with van der Waals surface area (Å²) in [4.78, 5) is 38.2. The Kier molecular flexibility index (Phi) is 5.06. The molecule has 0 aromatic rings. The van der Waals surface area contributed by atoms with Crippen molar-refractivity contribution in [2.24, 2.45) is 40.9 Å². The summed E-state index contributed by atoms with van der Waals surface area (Å²) in [5, 5.41) is 10.6. The van der Waals surface area contributed by atoms with Crippen molar-refractivity contribution in [3.8, 4) is 0 Å². The summed E-state index contributed by atoms with van der Waals surface area (Å²) in [6.45, 7) is 9.48. The highest BCUT2D eigenvalue weighted by molar-refractivity contribution is 6.01. The van der Waals surface area contributed by atoms with Gasteiger partial charge in [0.25, 0.3) is 0 Å². The lowest BCUT2D eigenvalue weighted by molar-refractivity contribution is -0.184. The lowest BCUT2D eigenvalue weighted by Crippen LogP contribution is -2.63. The standard InChI is InChI=1S/C21H32O5/c1-10(2)15-18(23)17-14(26-11(3)22)9-13-12(7-6-8-21(13,4)5)16(17)20(25)19(15)24/h10,12-17,19,24H,6-9H2,1-5H3/t12-,13+,14+,15-,16-,17+,19+/m0/s1. The Hall–Kier alpha value is -1.23. The van der Waals surface area contributed by atoms with E-state index in [1.807, 2.05) is 13.8 Å². The topological polar surface area (TPSA) is 80.7 Å². The molecule has 0 aliphatic heterocycles. The Morgan fingerprint density at radius 1 is 1.19 bits per heavy atom. The van der Waals surface area contributed by atoms with E-state index >= 15 is 0 Å². The largest absolute Gasteiger partial charge is 0.462 e. The zero-order valence-electron chi connectivity index (χ0n) is 16.5. The first-order valence-electron chi connectivity index (χ1n) is 9.99. The molecule has 3 fully saturated rings. The minimum absolute atomic E-state index is 0.0372. The van der Waals surface area contributed by atoms with Gasteiger partial charge in [0.15, 0.2) is 5.78 Å². The van der Waals surface area contributed by atoms with Crippen molar-refractivity contribution < 1.29 is 24.2 Å². The van der Waals surface area contributed by atoms with Gasteiger partial charge in [-0.1, -0.05) is 34.1 Å². The molecule has 146 valence electrons. The van der Waals surface area contributed by atoms with Gasteiger partial charge in [0.2, 0.25) is 0 Å². The van der Waals surface area contributed by atoms with E-state index in [0.29, 0.717) is 6.42 Å². The molecule has 0 aromatic heterocycles. The highest BCUT2D eigenvalue weighted by atomic mass is 16.5. The molecule has 0 heterocycles. The van der Waals surface area contributed by atoms with Gasteiger partial charge in [0.1, 0.15) is 18.0 Å². The van der Waals surface area contributed by atoms with Crippen LogP contribution in [0.25, 0.3) is 0 Å². The molecule has 3 rings (SSSR count). The summed E-state index contributed by atoms with van der Waals surface area (Å²) < 4.78 is 5.59. The predicted octanol–water partition coefficient (Wildman–Crippen LogP) is 2.78. The Morgan fingerprint density at radius 3 is 2.42 bits per heavy atom. The molecule has 0 aromatic carbocycles. The molecule has 5 heteroatoms. The van der Waals surface area contributed by atoms with Gasteiger partial charge in [-0.15, -0.1) is 0 Å². The summed E-state index contributed by atoms with van der Waals surface area (Å²) in [6, 6.07) is 0. The molecule has 26 heavy (non-hydrogen) atoms. The fraction of sp³-hybridized carbons (Fsp3) is 0.857. The average Bonchev–Trinajstić information content (AvgIpc) is 2.51. The molecule has 5 nitrogen and oxygen atoms in total. The van der Waals surface area contributed by atoms with Crippen molar-refractivity contribution in [2.75, 3.05) is 0 Å². The van der Waals surface area contributed by atoms with Crippen LogP contribution in [0.2, 0.25) is 0 Å². The van der Waals surface area contributed by atoms with E-state index in [9.17, 15) is 19.5 Å². The third-order valence-electron chi connectivity index (χ3n) is 7.27. The molecule has 0 saturated heterocycles. The third kappa shape index (κ3) is 3.02. The molecule has 7 atom stereocenters. The number of esters is 1. The fourth-order valence-electron chi connectivity index (χ4n) is 6.11. The van der Waals surface area contributed by atoms with E-state index in [1.165, 1.54) is 6.92 Å². The minimum atomic E-state index is -1.23. The molecule has 3 saturated carbocycles. The van der Waals surface area contributed by atoms with Gasteiger partial charge >= 0.3 is 5.97 Å². The molecule has 0 radical (unpaired) electrons. The molecule has 0 spiro atoms. The molecule has 3 aliphatic carbocycles. The first-order valence-corrected chi connectivity index (χ1v) is 9.99. The molecule has 3 aliphatic rings. The van der Waals surface area contributed by atoms with Crippen molar-refractivity contribution in [3.05, 3.63) is 0 Å². The van der Waals surface area contributed by atoms with Crippen molar-refractivity contribution in [1.82, 2.24) is 0 Å². The van der Waals surface area contributed by atoms with Crippen LogP contribution in [0.5, 0.6) is 0 Å². The van der Waals surface area contributed by atoms with E-state index in [-0.39, 0.29) is 34.7 Å². The Labute approximate surface area is 155 Å². The number of ketones is 2. The number of aliphatic hydroxyl groups is 1. The normalized spacial score (nSPS) is 42.2. The molecular formula is C21H32O5. The lowest BCUT2D eigenvalue weighted by Gasteiger charge is -2.56. The second kappa shape index (κ2) is 6.74. The Bertz CT molecular complexity index is 608. The monoisotopic (exact) mass is 364 g/mol. The number of aliphatic hydroxyl groups excluding tert-OH is 1. The van der Waals surface area contributed by atoms with Gasteiger partial charge in [-0.3, -0.25) is 14.4 Å². The quantitative estimate of drug-likeness (QED) is 0.762. The van der Waals surface area contributed by atoms with Crippen LogP contribution < -0.4 is 0 Å². The smallest absolute Gasteiger partial charge is 0.302 e. The molecule has 0 bridgehead atoms. The van der Waals surface area contributed by atoms with Crippen molar-refractivity contribution >= 4 is 17.5 Å². The van der Waals surface area contributed by atoms with Gasteiger partial charge in [0, 0.05) is 12.8 Å². The molecular weight excluding hydrogens is 332 g/mol. The first-order chi connectivity index (χ1) is 12.1. The summed E-state index contributed by atoms with van der Waals surface area (Å²) in [5.41, 5.74) is 0.0372. The first kappa shape index (κ1) is 19.5.